The molecule has 0 bridgehead atoms. The molecule has 0 radical (unpaired) electrons. The van der Waals surface area contributed by atoms with E-state index in [0.717, 1.165) is 45.8 Å². The van der Waals surface area contributed by atoms with Gasteiger partial charge in [-0.3, -0.25) is 0 Å². The highest BCUT2D eigenvalue weighted by Crippen LogP contribution is 2.21. The van der Waals surface area contributed by atoms with E-state index >= 15 is 0 Å². The molecule has 1 aromatic carbocycles. The molecule has 2 heterocycles. The van der Waals surface area contributed by atoms with Gasteiger partial charge in [-0.2, -0.15) is 0 Å². The number of nitrogens with zero attached hydrogens (tertiary/aromatic N) is 4. The fourth-order valence-electron chi connectivity index (χ4n) is 2.65. The summed E-state index contributed by atoms with van der Waals surface area (Å²) in [6.07, 6.45) is 4.81. The van der Waals surface area contributed by atoms with Crippen LogP contribution in [0.2, 0.25) is 0 Å². The highest BCUT2D eigenvalue weighted by molar-refractivity contribution is 9.10. The van der Waals surface area contributed by atoms with E-state index < -0.39 is 0 Å². The normalized spacial score (nSPS) is 12.5. The number of hydrogen-bond acceptors (Lipinski definition) is 4. The molecular weight excluding hydrogens is 354 g/mol. The first-order valence-corrected chi connectivity index (χ1v) is 8.56. The van der Waals surface area contributed by atoms with Gasteiger partial charge in [0.25, 0.3) is 0 Å². The largest absolute Gasteiger partial charge is 0.364 e. The summed E-state index contributed by atoms with van der Waals surface area (Å²) in [5, 5.41) is 3.47. The fourth-order valence-corrected chi connectivity index (χ4v) is 3.00. The predicted octanol–water partition coefficient (Wildman–Crippen LogP) is 3.96. The van der Waals surface area contributed by atoms with Crippen molar-refractivity contribution >= 4 is 32.8 Å². The van der Waals surface area contributed by atoms with E-state index in [4.69, 9.17) is 4.98 Å². The first-order valence-electron chi connectivity index (χ1n) is 7.77. The molecular formula is C17H20BrN5. The number of aryl methyl sites for hydroxylation is 2. The summed E-state index contributed by atoms with van der Waals surface area (Å²) in [6, 6.07) is 6.18. The second-order valence-corrected chi connectivity index (χ2v) is 6.60. The van der Waals surface area contributed by atoms with Crippen molar-refractivity contribution in [2.75, 3.05) is 5.32 Å². The van der Waals surface area contributed by atoms with Crippen molar-refractivity contribution in [1.82, 2.24) is 19.5 Å². The first kappa shape index (κ1) is 15.9. The highest BCUT2D eigenvalue weighted by atomic mass is 79.9. The van der Waals surface area contributed by atoms with Gasteiger partial charge < -0.3 is 9.88 Å². The van der Waals surface area contributed by atoms with Gasteiger partial charge in [-0.15, -0.1) is 0 Å². The van der Waals surface area contributed by atoms with Crippen LogP contribution < -0.4 is 5.32 Å². The number of imidazole rings is 1. The molecule has 1 unspecified atom stereocenters. The zero-order chi connectivity index (χ0) is 16.4. The van der Waals surface area contributed by atoms with Crippen molar-refractivity contribution in [3.63, 3.8) is 0 Å². The summed E-state index contributed by atoms with van der Waals surface area (Å²) >= 11 is 3.47. The van der Waals surface area contributed by atoms with Crippen LogP contribution in [0.15, 0.2) is 35.1 Å². The minimum absolute atomic E-state index is 0.232. The van der Waals surface area contributed by atoms with Crippen molar-refractivity contribution < 1.29 is 0 Å². The van der Waals surface area contributed by atoms with Crippen LogP contribution in [0.4, 0.5) is 5.82 Å². The number of benzene rings is 1. The van der Waals surface area contributed by atoms with E-state index in [-0.39, 0.29) is 6.04 Å². The van der Waals surface area contributed by atoms with Crippen LogP contribution in [0.25, 0.3) is 11.0 Å². The van der Waals surface area contributed by atoms with E-state index in [9.17, 15) is 0 Å². The van der Waals surface area contributed by atoms with E-state index in [1.165, 1.54) is 0 Å². The molecule has 2 aromatic heterocycles. The average molecular weight is 374 g/mol. The van der Waals surface area contributed by atoms with E-state index in [0.29, 0.717) is 0 Å². The lowest BCUT2D eigenvalue weighted by atomic mass is 10.2. The van der Waals surface area contributed by atoms with Gasteiger partial charge in [0.05, 0.1) is 16.7 Å². The molecule has 0 aliphatic carbocycles. The zero-order valence-corrected chi connectivity index (χ0v) is 15.1. The Hall–Kier alpha value is -1.95. The highest BCUT2D eigenvalue weighted by Gasteiger charge is 2.11. The van der Waals surface area contributed by atoms with Gasteiger partial charge in [-0.05, 0) is 32.0 Å². The molecule has 0 fully saturated rings. The minimum atomic E-state index is 0.232. The number of halogens is 1. The van der Waals surface area contributed by atoms with Crippen LogP contribution in [-0.2, 0) is 13.0 Å². The third-order valence-electron chi connectivity index (χ3n) is 3.77. The number of anilines is 1. The number of hydrogen-bond donors (Lipinski definition) is 1. The van der Waals surface area contributed by atoms with Gasteiger partial charge in [0.15, 0.2) is 0 Å². The van der Waals surface area contributed by atoms with Gasteiger partial charge in [0.2, 0.25) is 0 Å². The number of aromatic nitrogens is 4. The van der Waals surface area contributed by atoms with Crippen molar-refractivity contribution in [3.05, 3.63) is 46.6 Å². The molecule has 3 rings (SSSR count). The summed E-state index contributed by atoms with van der Waals surface area (Å²) in [7, 11) is 0. The Morgan fingerprint density at radius 3 is 2.87 bits per heavy atom. The topological polar surface area (TPSA) is 55.6 Å². The Morgan fingerprint density at radius 2 is 2.09 bits per heavy atom. The standard InChI is InChI=1S/C17H20BrN5/c1-4-16-19-7-8-23(16)10-11(2)20-17-12(3)21-15-9-13(18)5-6-14(15)22-17/h5-9,11H,4,10H2,1-3H3,(H,20,22). The van der Waals surface area contributed by atoms with Crippen molar-refractivity contribution in [1.29, 1.82) is 0 Å². The average Bonchev–Trinajstić information content (AvgIpc) is 2.95. The lowest BCUT2D eigenvalue weighted by molar-refractivity contribution is 0.592. The SMILES string of the molecule is CCc1nccn1CC(C)Nc1nc2ccc(Br)cc2nc1C. The lowest BCUT2D eigenvalue weighted by Crippen LogP contribution is -2.24. The molecule has 0 spiro atoms. The van der Waals surface area contributed by atoms with Crippen LogP contribution in [0.5, 0.6) is 0 Å². The number of fused-ring (bicyclic) bond motifs is 1. The number of nitrogens with one attached hydrogen (secondary N) is 1. The molecule has 3 aromatic rings. The molecule has 0 saturated heterocycles. The molecule has 5 nitrogen and oxygen atoms in total. The van der Waals surface area contributed by atoms with Gasteiger partial charge in [-0.25, -0.2) is 15.0 Å². The second-order valence-electron chi connectivity index (χ2n) is 5.69. The van der Waals surface area contributed by atoms with Crippen LogP contribution in [-0.4, -0.2) is 25.6 Å². The Labute approximate surface area is 144 Å². The second kappa shape index (κ2) is 6.66. The Kier molecular flexibility index (Phi) is 4.61. The molecule has 23 heavy (non-hydrogen) atoms. The molecule has 0 amide bonds. The maximum Gasteiger partial charge on any atom is 0.148 e. The third-order valence-corrected chi connectivity index (χ3v) is 4.27. The Balaban J connectivity index is 1.80. The lowest BCUT2D eigenvalue weighted by Gasteiger charge is -2.18. The molecule has 0 aliphatic rings. The molecule has 0 saturated carbocycles. The van der Waals surface area contributed by atoms with Crippen LogP contribution in [0, 0.1) is 6.92 Å². The van der Waals surface area contributed by atoms with Crippen LogP contribution >= 0.6 is 15.9 Å². The summed E-state index contributed by atoms with van der Waals surface area (Å²) in [6.45, 7) is 7.10. The van der Waals surface area contributed by atoms with Gasteiger partial charge in [-0.1, -0.05) is 22.9 Å². The molecule has 1 atom stereocenters. The molecule has 0 aliphatic heterocycles. The smallest absolute Gasteiger partial charge is 0.148 e. The predicted molar refractivity (Wildman–Crippen MR) is 96.7 cm³/mol. The summed E-state index contributed by atoms with van der Waals surface area (Å²) < 4.78 is 3.19. The van der Waals surface area contributed by atoms with Crippen molar-refractivity contribution in [3.8, 4) is 0 Å². The zero-order valence-electron chi connectivity index (χ0n) is 13.5. The van der Waals surface area contributed by atoms with E-state index in [2.05, 4.69) is 49.6 Å². The van der Waals surface area contributed by atoms with Gasteiger partial charge in [0.1, 0.15) is 11.6 Å². The van der Waals surface area contributed by atoms with Crippen LogP contribution in [0.1, 0.15) is 25.4 Å². The maximum absolute atomic E-state index is 4.71. The fraction of sp³-hybridized carbons (Fsp3) is 0.353. The Morgan fingerprint density at radius 1 is 1.26 bits per heavy atom. The summed E-state index contributed by atoms with van der Waals surface area (Å²) in [4.78, 5) is 13.7. The van der Waals surface area contributed by atoms with Gasteiger partial charge in [0, 0.05) is 35.9 Å². The quantitative estimate of drug-likeness (QED) is 0.735. The Bertz CT molecular complexity index is 827. The van der Waals surface area contributed by atoms with Crippen molar-refractivity contribution in [2.24, 2.45) is 0 Å². The molecule has 1 N–H and O–H groups in total. The third kappa shape index (κ3) is 3.52. The van der Waals surface area contributed by atoms with Crippen LogP contribution in [0.3, 0.4) is 0 Å². The van der Waals surface area contributed by atoms with Gasteiger partial charge >= 0.3 is 0 Å². The minimum Gasteiger partial charge on any atom is -0.364 e. The monoisotopic (exact) mass is 373 g/mol. The van der Waals surface area contributed by atoms with E-state index in [1.54, 1.807) is 0 Å². The summed E-state index contributed by atoms with van der Waals surface area (Å²) in [5.41, 5.74) is 2.70. The van der Waals surface area contributed by atoms with E-state index in [1.807, 2.05) is 37.5 Å². The summed E-state index contributed by atoms with van der Waals surface area (Å²) in [5.74, 6) is 1.94. The maximum atomic E-state index is 4.71. The first-order chi connectivity index (χ1) is 11.1. The number of rotatable bonds is 5. The molecule has 6 heteroatoms. The molecule has 120 valence electrons. The van der Waals surface area contributed by atoms with Crippen molar-refractivity contribution in [2.45, 2.75) is 39.8 Å².